The van der Waals surface area contributed by atoms with E-state index in [1.807, 2.05) is 0 Å². The second-order valence-electron chi connectivity index (χ2n) is 4.55. The number of halogens is 3. The molecule has 1 aliphatic rings. The predicted molar refractivity (Wildman–Crippen MR) is 74.4 cm³/mol. The summed E-state index contributed by atoms with van der Waals surface area (Å²) in [5.41, 5.74) is 1.32. The smallest absolute Gasteiger partial charge is 0.144 e. The molecule has 1 aromatic heterocycles. The molecule has 0 radical (unpaired) electrons. The number of hydrogen-bond acceptors (Lipinski definition) is 2. The normalized spacial score (nSPS) is 14.7. The number of hydrogen-bond donors (Lipinski definition) is 1. The summed E-state index contributed by atoms with van der Waals surface area (Å²) in [6.45, 7) is 0. The Morgan fingerprint density at radius 1 is 1.21 bits per heavy atom. The summed E-state index contributed by atoms with van der Waals surface area (Å²) in [4.78, 5) is 7.30. The molecule has 1 saturated carbocycles. The number of benzene rings is 1. The predicted octanol–water partition coefficient (Wildman–Crippen LogP) is 4.72. The number of nitrogens with one attached hydrogen (secondary N) is 1. The van der Waals surface area contributed by atoms with Crippen LogP contribution in [0.5, 0.6) is 0 Å². The molecule has 3 rings (SSSR count). The van der Waals surface area contributed by atoms with Crippen molar-refractivity contribution in [3.8, 4) is 11.4 Å². The number of aromatic nitrogens is 2. The van der Waals surface area contributed by atoms with Gasteiger partial charge in [0.15, 0.2) is 0 Å². The van der Waals surface area contributed by atoms with Gasteiger partial charge in [0, 0.05) is 23.2 Å². The SMILES string of the molecule is Fc1cc(F)cc(-c2nc(=S)c(Br)c(C3CC3)[nH]2)c1. The standard InChI is InChI=1S/C13H9BrF2N2S/c14-10-11(6-1-2-6)17-12(18-13(10)19)7-3-8(15)5-9(16)4-7/h3-6H,1-2H2,(H,17,18,19). The molecule has 1 aliphatic carbocycles. The van der Waals surface area contributed by atoms with Crippen LogP contribution in [0.2, 0.25) is 0 Å². The summed E-state index contributed by atoms with van der Waals surface area (Å²) in [7, 11) is 0. The minimum Gasteiger partial charge on any atom is -0.342 e. The minimum absolute atomic E-state index is 0.359. The van der Waals surface area contributed by atoms with Crippen molar-refractivity contribution in [3.05, 3.63) is 44.6 Å². The molecule has 6 heteroatoms. The van der Waals surface area contributed by atoms with E-state index < -0.39 is 11.6 Å². The van der Waals surface area contributed by atoms with E-state index in [1.165, 1.54) is 12.1 Å². The van der Waals surface area contributed by atoms with Crippen LogP contribution in [0.4, 0.5) is 8.78 Å². The average molecular weight is 343 g/mol. The zero-order chi connectivity index (χ0) is 13.6. The van der Waals surface area contributed by atoms with E-state index in [9.17, 15) is 8.78 Å². The van der Waals surface area contributed by atoms with E-state index in [0.29, 0.717) is 21.9 Å². The maximum atomic E-state index is 13.2. The molecular weight excluding hydrogens is 334 g/mol. The highest BCUT2D eigenvalue weighted by molar-refractivity contribution is 9.10. The third-order valence-corrected chi connectivity index (χ3v) is 4.37. The molecule has 0 spiro atoms. The highest BCUT2D eigenvalue weighted by atomic mass is 79.9. The third-order valence-electron chi connectivity index (χ3n) is 3.01. The maximum Gasteiger partial charge on any atom is 0.144 e. The molecule has 0 saturated heterocycles. The molecule has 1 aromatic carbocycles. The van der Waals surface area contributed by atoms with Crippen LogP contribution < -0.4 is 0 Å². The molecule has 1 fully saturated rings. The Morgan fingerprint density at radius 3 is 2.42 bits per heavy atom. The lowest BCUT2D eigenvalue weighted by molar-refractivity contribution is 0.584. The van der Waals surface area contributed by atoms with E-state index in [1.54, 1.807) is 0 Å². The second kappa shape index (κ2) is 4.76. The number of rotatable bonds is 2. The van der Waals surface area contributed by atoms with Gasteiger partial charge in [0.05, 0.1) is 4.47 Å². The van der Waals surface area contributed by atoms with Gasteiger partial charge in [0.2, 0.25) is 0 Å². The maximum absolute atomic E-state index is 13.2. The van der Waals surface area contributed by atoms with Gasteiger partial charge in [-0.1, -0.05) is 12.2 Å². The van der Waals surface area contributed by atoms with Crippen LogP contribution in [0, 0.1) is 16.3 Å². The first-order chi connectivity index (χ1) is 9.04. The molecule has 2 aromatic rings. The summed E-state index contributed by atoms with van der Waals surface area (Å²) in [5.74, 6) is -0.441. The van der Waals surface area contributed by atoms with Gasteiger partial charge in [0.1, 0.15) is 22.1 Å². The van der Waals surface area contributed by atoms with Crippen LogP contribution in [-0.4, -0.2) is 9.97 Å². The van der Waals surface area contributed by atoms with Gasteiger partial charge < -0.3 is 4.98 Å². The first-order valence-corrected chi connectivity index (χ1v) is 7.01. The van der Waals surface area contributed by atoms with Crippen molar-refractivity contribution in [3.63, 3.8) is 0 Å². The van der Waals surface area contributed by atoms with Gasteiger partial charge >= 0.3 is 0 Å². The summed E-state index contributed by atoms with van der Waals surface area (Å²) in [6, 6.07) is 3.31. The van der Waals surface area contributed by atoms with Crippen molar-refractivity contribution in [2.45, 2.75) is 18.8 Å². The Labute approximate surface area is 122 Å². The molecule has 19 heavy (non-hydrogen) atoms. The van der Waals surface area contributed by atoms with Crippen LogP contribution in [0.1, 0.15) is 24.5 Å². The number of nitrogens with zero attached hydrogens (tertiary/aromatic N) is 1. The Hall–Kier alpha value is -1.14. The van der Waals surface area contributed by atoms with Gasteiger partial charge in [-0.2, -0.15) is 0 Å². The first kappa shape index (κ1) is 12.9. The summed E-state index contributed by atoms with van der Waals surface area (Å²) < 4.78 is 27.7. The van der Waals surface area contributed by atoms with E-state index in [2.05, 4.69) is 25.9 Å². The van der Waals surface area contributed by atoms with Gasteiger partial charge in [-0.15, -0.1) is 0 Å². The van der Waals surface area contributed by atoms with E-state index in [0.717, 1.165) is 29.1 Å². The lowest BCUT2D eigenvalue weighted by atomic mass is 10.2. The fraction of sp³-hybridized carbons (Fsp3) is 0.231. The van der Waals surface area contributed by atoms with Crippen molar-refractivity contribution < 1.29 is 8.78 Å². The van der Waals surface area contributed by atoms with E-state index in [4.69, 9.17) is 12.2 Å². The van der Waals surface area contributed by atoms with Gasteiger partial charge in [-0.25, -0.2) is 13.8 Å². The molecule has 0 atom stereocenters. The lowest BCUT2D eigenvalue weighted by Gasteiger charge is -2.08. The Kier molecular flexibility index (Phi) is 3.22. The third kappa shape index (κ3) is 2.60. The molecule has 98 valence electrons. The minimum atomic E-state index is -0.632. The topological polar surface area (TPSA) is 28.7 Å². The zero-order valence-electron chi connectivity index (χ0n) is 9.71. The largest absolute Gasteiger partial charge is 0.342 e. The monoisotopic (exact) mass is 342 g/mol. The molecule has 0 aliphatic heterocycles. The van der Waals surface area contributed by atoms with Gasteiger partial charge in [-0.05, 0) is 40.9 Å². The van der Waals surface area contributed by atoms with Crippen LogP contribution in [0.3, 0.4) is 0 Å². The average Bonchev–Trinajstić information content (AvgIpc) is 3.15. The van der Waals surface area contributed by atoms with Gasteiger partial charge in [-0.3, -0.25) is 0 Å². The zero-order valence-corrected chi connectivity index (χ0v) is 12.1. The molecule has 1 N–H and O–H groups in total. The highest BCUT2D eigenvalue weighted by Crippen LogP contribution is 2.42. The van der Waals surface area contributed by atoms with Crippen molar-refractivity contribution in [2.24, 2.45) is 0 Å². The molecule has 0 bridgehead atoms. The van der Waals surface area contributed by atoms with Gasteiger partial charge in [0.25, 0.3) is 0 Å². The van der Waals surface area contributed by atoms with Crippen LogP contribution in [0.25, 0.3) is 11.4 Å². The molecule has 2 nitrogen and oxygen atoms in total. The molecule has 1 heterocycles. The number of aromatic amines is 1. The van der Waals surface area contributed by atoms with Crippen LogP contribution in [0.15, 0.2) is 22.7 Å². The van der Waals surface area contributed by atoms with Crippen molar-refractivity contribution in [2.75, 3.05) is 0 Å². The Bertz CT molecular complexity index is 690. The van der Waals surface area contributed by atoms with Crippen LogP contribution in [-0.2, 0) is 0 Å². The van der Waals surface area contributed by atoms with Crippen molar-refractivity contribution >= 4 is 28.1 Å². The molecule has 0 unspecified atom stereocenters. The molecular formula is C13H9BrF2N2S. The Morgan fingerprint density at radius 2 is 1.84 bits per heavy atom. The quantitative estimate of drug-likeness (QED) is 0.799. The van der Waals surface area contributed by atoms with Crippen LogP contribution >= 0.6 is 28.1 Å². The van der Waals surface area contributed by atoms with E-state index >= 15 is 0 Å². The van der Waals surface area contributed by atoms with Crippen molar-refractivity contribution in [1.82, 2.24) is 9.97 Å². The summed E-state index contributed by atoms with van der Waals surface area (Å²) in [5, 5.41) is 0. The fourth-order valence-electron chi connectivity index (χ4n) is 1.96. The lowest BCUT2D eigenvalue weighted by Crippen LogP contribution is -1.98. The molecule has 0 amide bonds. The van der Waals surface area contributed by atoms with Crippen molar-refractivity contribution in [1.29, 1.82) is 0 Å². The summed E-state index contributed by atoms with van der Waals surface area (Å²) in [6.07, 6.45) is 2.18. The number of H-pyrrole nitrogens is 1. The fourth-order valence-corrected chi connectivity index (χ4v) is 2.67. The second-order valence-corrected chi connectivity index (χ2v) is 5.73. The first-order valence-electron chi connectivity index (χ1n) is 5.81. The Balaban J connectivity index is 2.17. The highest BCUT2D eigenvalue weighted by Gasteiger charge is 2.27. The summed E-state index contributed by atoms with van der Waals surface area (Å²) >= 11 is 8.59. The van der Waals surface area contributed by atoms with E-state index in [-0.39, 0.29) is 0 Å².